The van der Waals surface area contributed by atoms with Crippen molar-refractivity contribution in [2.45, 2.75) is 83.6 Å². The van der Waals surface area contributed by atoms with Crippen LogP contribution in [-0.4, -0.2) is 47.9 Å². The molecule has 0 unspecified atom stereocenters. The maximum Gasteiger partial charge on any atom is 0.326 e. The maximum atomic E-state index is 12.2. The van der Waals surface area contributed by atoms with Gasteiger partial charge in [-0.1, -0.05) is 70.4 Å². The highest BCUT2D eigenvalue weighted by atomic mass is 35.5. The second-order valence-corrected chi connectivity index (χ2v) is 9.03. The summed E-state index contributed by atoms with van der Waals surface area (Å²) >= 11 is 11.7. The fourth-order valence-electron chi connectivity index (χ4n) is 3.72. The van der Waals surface area contributed by atoms with E-state index in [1.807, 2.05) is 24.3 Å². The lowest BCUT2D eigenvalue weighted by Gasteiger charge is -2.23. The molecule has 0 bridgehead atoms. The smallest absolute Gasteiger partial charge is 0.326 e. The summed E-state index contributed by atoms with van der Waals surface area (Å²) in [6.45, 7) is 3.61. The van der Waals surface area contributed by atoms with E-state index in [0.717, 1.165) is 30.5 Å². The molecular formula is C25H40Cl2N2O3. The Morgan fingerprint density at radius 2 is 1.44 bits per heavy atom. The van der Waals surface area contributed by atoms with Crippen LogP contribution in [0.5, 0.6) is 0 Å². The van der Waals surface area contributed by atoms with E-state index < -0.39 is 12.0 Å². The van der Waals surface area contributed by atoms with E-state index in [-0.39, 0.29) is 12.3 Å². The second-order valence-electron chi connectivity index (χ2n) is 8.27. The van der Waals surface area contributed by atoms with Crippen molar-refractivity contribution in [3.63, 3.8) is 0 Å². The molecular weight excluding hydrogens is 447 g/mol. The lowest BCUT2D eigenvalue weighted by Crippen LogP contribution is -2.42. The number of amides is 1. The van der Waals surface area contributed by atoms with Gasteiger partial charge in [-0.2, -0.15) is 0 Å². The summed E-state index contributed by atoms with van der Waals surface area (Å²) in [5, 5.41) is 12.2. The number of nitrogens with zero attached hydrogens (tertiary/aromatic N) is 1. The molecule has 0 saturated carbocycles. The summed E-state index contributed by atoms with van der Waals surface area (Å²) in [5.74, 6) is -0.192. The summed E-state index contributed by atoms with van der Waals surface area (Å²) in [7, 11) is 0. The zero-order valence-electron chi connectivity index (χ0n) is 19.5. The number of carbonyl (C=O) groups excluding carboxylic acids is 1. The van der Waals surface area contributed by atoms with Crippen LogP contribution in [0.4, 0.5) is 5.69 Å². The molecule has 1 amide bonds. The largest absolute Gasteiger partial charge is 0.480 e. The van der Waals surface area contributed by atoms with E-state index in [9.17, 15) is 14.7 Å². The van der Waals surface area contributed by atoms with Crippen molar-refractivity contribution >= 4 is 40.8 Å². The van der Waals surface area contributed by atoms with E-state index >= 15 is 0 Å². The first kappa shape index (κ1) is 28.6. The first-order valence-corrected chi connectivity index (χ1v) is 13.1. The molecule has 32 heavy (non-hydrogen) atoms. The molecule has 5 nitrogen and oxygen atoms in total. The summed E-state index contributed by atoms with van der Waals surface area (Å²) < 4.78 is 0. The van der Waals surface area contributed by atoms with E-state index in [1.165, 1.54) is 38.5 Å². The summed E-state index contributed by atoms with van der Waals surface area (Å²) in [4.78, 5) is 26.0. The molecule has 1 aromatic rings. The molecule has 1 atom stereocenters. The number of unbranched alkanes of at least 4 members (excludes halogenated alkanes) is 8. The van der Waals surface area contributed by atoms with Gasteiger partial charge in [0.25, 0.3) is 0 Å². The van der Waals surface area contributed by atoms with Crippen LogP contribution in [0.2, 0.25) is 0 Å². The van der Waals surface area contributed by atoms with Gasteiger partial charge in [0.1, 0.15) is 6.04 Å². The van der Waals surface area contributed by atoms with E-state index in [4.69, 9.17) is 23.2 Å². The number of aliphatic carboxylic acids is 1. The van der Waals surface area contributed by atoms with Gasteiger partial charge in [-0.05, 0) is 24.1 Å². The van der Waals surface area contributed by atoms with Gasteiger partial charge in [0.05, 0.1) is 0 Å². The Bertz CT molecular complexity index is 635. The number of hydrogen-bond donors (Lipinski definition) is 2. The lowest BCUT2D eigenvalue weighted by atomic mass is 10.0. The number of carboxylic acid groups (broad SMARTS) is 1. The molecule has 0 heterocycles. The van der Waals surface area contributed by atoms with Crippen LogP contribution in [-0.2, 0) is 16.0 Å². The van der Waals surface area contributed by atoms with Crippen molar-refractivity contribution < 1.29 is 14.7 Å². The second kappa shape index (κ2) is 18.0. The topological polar surface area (TPSA) is 69.6 Å². The minimum absolute atomic E-state index is 0.188. The monoisotopic (exact) mass is 486 g/mol. The van der Waals surface area contributed by atoms with Crippen molar-refractivity contribution in [2.24, 2.45) is 0 Å². The predicted molar refractivity (Wildman–Crippen MR) is 135 cm³/mol. The van der Waals surface area contributed by atoms with Crippen LogP contribution < -0.4 is 10.2 Å². The van der Waals surface area contributed by atoms with Gasteiger partial charge < -0.3 is 15.3 Å². The summed E-state index contributed by atoms with van der Waals surface area (Å²) in [6.07, 6.45) is 11.3. The van der Waals surface area contributed by atoms with Crippen LogP contribution >= 0.6 is 23.2 Å². The molecule has 1 rings (SSSR count). The number of carboxylic acids is 1. The zero-order chi connectivity index (χ0) is 23.6. The van der Waals surface area contributed by atoms with Crippen molar-refractivity contribution in [3.8, 4) is 0 Å². The van der Waals surface area contributed by atoms with Gasteiger partial charge in [0.2, 0.25) is 5.91 Å². The van der Waals surface area contributed by atoms with Gasteiger partial charge >= 0.3 is 5.97 Å². The molecule has 182 valence electrons. The minimum Gasteiger partial charge on any atom is -0.480 e. The average molecular weight is 488 g/mol. The van der Waals surface area contributed by atoms with Crippen molar-refractivity contribution in [3.05, 3.63) is 29.8 Å². The van der Waals surface area contributed by atoms with E-state index in [2.05, 4.69) is 17.1 Å². The van der Waals surface area contributed by atoms with Crippen LogP contribution in [0.15, 0.2) is 24.3 Å². The van der Waals surface area contributed by atoms with Crippen LogP contribution in [0, 0.1) is 0 Å². The molecule has 0 aliphatic heterocycles. The van der Waals surface area contributed by atoms with Gasteiger partial charge in [0.15, 0.2) is 0 Å². The third kappa shape index (κ3) is 12.5. The number of carbonyl (C=O) groups is 2. The normalized spacial score (nSPS) is 11.8. The molecule has 1 aromatic carbocycles. The average Bonchev–Trinajstić information content (AvgIpc) is 2.78. The van der Waals surface area contributed by atoms with E-state index in [0.29, 0.717) is 31.3 Å². The summed E-state index contributed by atoms with van der Waals surface area (Å²) in [5.41, 5.74) is 1.86. The SMILES string of the molecule is CCCCCCCCCCCC(=O)N[C@@H](Cc1ccc(N(CCCl)CCCl)cc1)C(=O)O. The molecule has 0 aromatic heterocycles. The van der Waals surface area contributed by atoms with Crippen LogP contribution in [0.1, 0.15) is 76.7 Å². The van der Waals surface area contributed by atoms with Gasteiger partial charge in [-0.15, -0.1) is 23.2 Å². The molecule has 2 N–H and O–H groups in total. The molecule has 0 saturated heterocycles. The van der Waals surface area contributed by atoms with E-state index in [1.54, 1.807) is 0 Å². The summed E-state index contributed by atoms with van der Waals surface area (Å²) in [6, 6.07) is 6.75. The number of anilines is 1. The Labute approximate surface area is 203 Å². The zero-order valence-corrected chi connectivity index (χ0v) is 21.0. The Balaban J connectivity index is 2.40. The van der Waals surface area contributed by atoms with Crippen molar-refractivity contribution in [1.82, 2.24) is 5.32 Å². The number of rotatable bonds is 19. The van der Waals surface area contributed by atoms with Crippen molar-refractivity contribution in [2.75, 3.05) is 29.7 Å². The minimum atomic E-state index is -1.01. The first-order valence-electron chi connectivity index (χ1n) is 12.0. The van der Waals surface area contributed by atoms with Gasteiger partial charge in [-0.3, -0.25) is 4.79 Å². The fraction of sp³-hybridized carbons (Fsp3) is 0.680. The molecule has 7 heteroatoms. The highest BCUT2D eigenvalue weighted by Gasteiger charge is 2.20. The third-order valence-corrected chi connectivity index (χ3v) is 5.93. The molecule has 0 fully saturated rings. The Morgan fingerprint density at radius 3 is 1.94 bits per heavy atom. The lowest BCUT2D eigenvalue weighted by molar-refractivity contribution is -0.141. The van der Waals surface area contributed by atoms with Crippen molar-refractivity contribution in [1.29, 1.82) is 0 Å². The third-order valence-electron chi connectivity index (χ3n) is 5.59. The highest BCUT2D eigenvalue weighted by Crippen LogP contribution is 2.17. The Morgan fingerprint density at radius 1 is 0.906 bits per heavy atom. The molecule has 0 spiro atoms. The predicted octanol–water partition coefficient (Wildman–Crippen LogP) is 6.00. The Kier molecular flexibility index (Phi) is 16.1. The number of nitrogens with one attached hydrogen (secondary N) is 1. The molecule has 0 aliphatic rings. The molecule has 0 radical (unpaired) electrons. The standard InChI is InChI=1S/C25H40Cl2N2O3/c1-2-3-4-5-6-7-8-9-10-11-24(30)28-23(25(31)32)20-21-12-14-22(15-13-21)29(18-16-26)19-17-27/h12-15,23H,2-11,16-20H2,1H3,(H,28,30)(H,31,32)/t23-/m0/s1. The fourth-order valence-corrected chi connectivity index (χ4v) is 4.12. The first-order chi connectivity index (χ1) is 15.5. The van der Waals surface area contributed by atoms with Gasteiger partial charge in [-0.25, -0.2) is 4.79 Å². The number of hydrogen-bond acceptors (Lipinski definition) is 3. The van der Waals surface area contributed by atoms with Gasteiger partial charge in [0, 0.05) is 43.4 Å². The number of benzene rings is 1. The quantitative estimate of drug-likeness (QED) is 0.185. The molecule has 0 aliphatic carbocycles. The van der Waals surface area contributed by atoms with Crippen LogP contribution in [0.25, 0.3) is 0 Å². The Hall–Kier alpha value is -1.46. The van der Waals surface area contributed by atoms with Crippen LogP contribution in [0.3, 0.4) is 0 Å². The maximum absolute atomic E-state index is 12.2. The number of alkyl halides is 2. The number of halogens is 2. The highest BCUT2D eigenvalue weighted by molar-refractivity contribution is 6.18.